The molecule has 5 heteroatoms. The minimum atomic E-state index is -0.184. The summed E-state index contributed by atoms with van der Waals surface area (Å²) in [6, 6.07) is 11.3. The summed E-state index contributed by atoms with van der Waals surface area (Å²) in [4.78, 5) is 12.6. The van der Waals surface area contributed by atoms with Gasteiger partial charge >= 0.3 is 0 Å². The number of hydrogen-bond donors (Lipinski definition) is 0. The Bertz CT molecular complexity index is 766. The van der Waals surface area contributed by atoms with Crippen molar-refractivity contribution in [1.29, 1.82) is 0 Å². The maximum atomic E-state index is 12.6. The number of hydrogen-bond acceptors (Lipinski definition) is 4. The Hall–Kier alpha value is -2.02. The van der Waals surface area contributed by atoms with Crippen LogP contribution in [0.25, 0.3) is 6.08 Å². The van der Waals surface area contributed by atoms with Crippen molar-refractivity contribution >= 4 is 34.5 Å². The fraction of sp³-hybridized carbons (Fsp3) is 0.118. The van der Waals surface area contributed by atoms with Crippen LogP contribution in [0.5, 0.6) is 17.2 Å². The summed E-state index contributed by atoms with van der Waals surface area (Å²) >= 11 is 2.11. The van der Waals surface area contributed by atoms with E-state index in [1.165, 1.54) is 7.11 Å². The average molecular weight is 408 g/mol. The quantitative estimate of drug-likeness (QED) is 0.571. The summed E-state index contributed by atoms with van der Waals surface area (Å²) < 4.78 is 17.1. The largest absolute Gasteiger partial charge is 0.496 e. The Balaban J connectivity index is 2.11. The summed E-state index contributed by atoms with van der Waals surface area (Å²) in [5, 5.41) is 0. The van der Waals surface area contributed by atoms with E-state index in [0.29, 0.717) is 22.8 Å². The lowest BCUT2D eigenvalue weighted by molar-refractivity contribution is 0.101. The van der Waals surface area contributed by atoms with Crippen LogP contribution in [-0.4, -0.2) is 20.0 Å². The predicted molar refractivity (Wildman–Crippen MR) is 91.6 cm³/mol. The molecular formula is C17H13IO4. The van der Waals surface area contributed by atoms with E-state index in [1.807, 2.05) is 30.3 Å². The number of Topliss-reactive ketones (excluding diaryl/α,β-unsaturated/α-hetero) is 1. The van der Waals surface area contributed by atoms with E-state index >= 15 is 0 Å². The second-order valence-electron chi connectivity index (χ2n) is 4.65. The zero-order valence-electron chi connectivity index (χ0n) is 12.1. The molecule has 0 saturated carbocycles. The molecule has 0 aliphatic carbocycles. The summed E-state index contributed by atoms with van der Waals surface area (Å²) in [5.41, 5.74) is 1.34. The van der Waals surface area contributed by atoms with Gasteiger partial charge in [0, 0.05) is 6.07 Å². The van der Waals surface area contributed by atoms with Crippen molar-refractivity contribution in [3.8, 4) is 17.2 Å². The molecule has 0 aromatic heterocycles. The van der Waals surface area contributed by atoms with E-state index in [-0.39, 0.29) is 11.5 Å². The first-order chi connectivity index (χ1) is 10.7. The maximum absolute atomic E-state index is 12.6. The Morgan fingerprint density at radius 3 is 2.41 bits per heavy atom. The zero-order valence-corrected chi connectivity index (χ0v) is 14.2. The van der Waals surface area contributed by atoms with Gasteiger partial charge in [0.1, 0.15) is 17.1 Å². The monoisotopic (exact) mass is 408 g/mol. The Labute approximate surface area is 141 Å². The molecular weight excluding hydrogens is 395 g/mol. The molecule has 4 nitrogen and oxygen atoms in total. The highest BCUT2D eigenvalue weighted by atomic mass is 127. The molecule has 0 saturated heterocycles. The summed E-state index contributed by atoms with van der Waals surface area (Å²) in [5.74, 6) is 1.66. The Morgan fingerprint density at radius 2 is 1.77 bits per heavy atom. The van der Waals surface area contributed by atoms with Gasteiger partial charge < -0.3 is 14.2 Å². The third kappa shape index (κ3) is 2.45. The van der Waals surface area contributed by atoms with Crippen LogP contribution in [0.1, 0.15) is 15.9 Å². The van der Waals surface area contributed by atoms with Gasteiger partial charge in [-0.05, 0) is 34.2 Å². The second-order valence-corrected chi connectivity index (χ2v) is 5.73. The van der Waals surface area contributed by atoms with Crippen molar-refractivity contribution in [2.24, 2.45) is 0 Å². The van der Waals surface area contributed by atoms with Gasteiger partial charge in [-0.2, -0.15) is 0 Å². The molecule has 1 heterocycles. The molecule has 1 aliphatic heterocycles. The molecule has 0 atom stereocenters. The van der Waals surface area contributed by atoms with Crippen LogP contribution in [-0.2, 0) is 0 Å². The third-order valence-electron chi connectivity index (χ3n) is 3.35. The van der Waals surface area contributed by atoms with Crippen LogP contribution in [0, 0.1) is 3.57 Å². The summed E-state index contributed by atoms with van der Waals surface area (Å²) in [6.07, 6.45) is 1.73. The molecule has 0 radical (unpaired) electrons. The van der Waals surface area contributed by atoms with Crippen molar-refractivity contribution in [2.75, 3.05) is 14.2 Å². The predicted octanol–water partition coefficient (Wildman–Crippen LogP) is 3.92. The normalized spacial score (nSPS) is 14.7. The van der Waals surface area contributed by atoms with Crippen molar-refractivity contribution < 1.29 is 19.0 Å². The highest BCUT2D eigenvalue weighted by Gasteiger charge is 2.34. The van der Waals surface area contributed by atoms with Gasteiger partial charge in [-0.25, -0.2) is 0 Å². The van der Waals surface area contributed by atoms with Gasteiger partial charge in [0.2, 0.25) is 5.78 Å². The molecule has 0 unspecified atom stereocenters. The molecule has 112 valence electrons. The standard InChI is InChI=1S/C17H13IO4/c1-20-11-9-12(21-2)15(18)17-14(11)16(19)13(22-17)8-10-6-4-3-5-7-10/h3-9H,1-2H3. The number of fused-ring (bicyclic) bond motifs is 1. The molecule has 0 spiro atoms. The minimum Gasteiger partial charge on any atom is -0.496 e. The van der Waals surface area contributed by atoms with Crippen molar-refractivity contribution in [2.45, 2.75) is 0 Å². The van der Waals surface area contributed by atoms with Crippen LogP contribution in [0.3, 0.4) is 0 Å². The van der Waals surface area contributed by atoms with Gasteiger partial charge in [-0.3, -0.25) is 4.79 Å². The maximum Gasteiger partial charge on any atom is 0.235 e. The van der Waals surface area contributed by atoms with Crippen LogP contribution in [0.15, 0.2) is 42.2 Å². The zero-order chi connectivity index (χ0) is 15.7. The smallest absolute Gasteiger partial charge is 0.235 e. The Morgan fingerprint density at radius 1 is 1.09 bits per heavy atom. The van der Waals surface area contributed by atoms with Crippen molar-refractivity contribution in [3.05, 3.63) is 56.9 Å². The summed E-state index contributed by atoms with van der Waals surface area (Å²) in [7, 11) is 3.09. The van der Waals surface area contributed by atoms with Gasteiger partial charge in [0.15, 0.2) is 11.5 Å². The second kappa shape index (κ2) is 6.00. The first kappa shape index (κ1) is 14.9. The number of ketones is 1. The van der Waals surface area contributed by atoms with Crippen LogP contribution in [0.4, 0.5) is 0 Å². The molecule has 2 aromatic carbocycles. The summed E-state index contributed by atoms with van der Waals surface area (Å²) in [6.45, 7) is 0. The first-order valence-electron chi connectivity index (χ1n) is 6.59. The van der Waals surface area contributed by atoms with Gasteiger partial charge in [0.25, 0.3) is 0 Å². The highest BCUT2D eigenvalue weighted by Crippen LogP contribution is 2.45. The molecule has 22 heavy (non-hydrogen) atoms. The van der Waals surface area contributed by atoms with E-state index in [9.17, 15) is 4.79 Å². The molecule has 0 amide bonds. The molecule has 0 N–H and O–H groups in total. The number of ether oxygens (including phenoxy) is 3. The molecule has 2 aromatic rings. The van der Waals surface area contributed by atoms with Crippen LogP contribution < -0.4 is 14.2 Å². The fourth-order valence-electron chi connectivity index (χ4n) is 2.28. The molecule has 1 aliphatic rings. The molecule has 0 bridgehead atoms. The topological polar surface area (TPSA) is 44.8 Å². The van der Waals surface area contributed by atoms with Crippen molar-refractivity contribution in [1.82, 2.24) is 0 Å². The molecule has 0 fully saturated rings. The van der Waals surface area contributed by atoms with Crippen LogP contribution in [0.2, 0.25) is 0 Å². The number of halogens is 1. The lowest BCUT2D eigenvalue weighted by Crippen LogP contribution is -2.00. The number of benzene rings is 2. The number of carbonyl (C=O) groups is 1. The van der Waals surface area contributed by atoms with E-state index in [0.717, 1.165) is 9.13 Å². The van der Waals surface area contributed by atoms with Gasteiger partial charge in [-0.1, -0.05) is 30.3 Å². The average Bonchev–Trinajstić information content (AvgIpc) is 2.87. The van der Waals surface area contributed by atoms with E-state index < -0.39 is 0 Å². The lowest BCUT2D eigenvalue weighted by Gasteiger charge is -2.10. The number of methoxy groups -OCH3 is 2. The lowest BCUT2D eigenvalue weighted by atomic mass is 10.1. The van der Waals surface area contributed by atoms with Gasteiger partial charge in [0.05, 0.1) is 17.8 Å². The van der Waals surface area contributed by atoms with Crippen molar-refractivity contribution in [3.63, 3.8) is 0 Å². The third-order valence-corrected chi connectivity index (χ3v) is 4.37. The number of rotatable bonds is 3. The van der Waals surface area contributed by atoms with E-state index in [2.05, 4.69) is 22.6 Å². The Kier molecular flexibility index (Phi) is 4.06. The van der Waals surface area contributed by atoms with Gasteiger partial charge in [-0.15, -0.1) is 0 Å². The SMILES string of the molecule is COc1cc(OC)c2c(c1I)OC(=Cc1ccccc1)C2=O. The highest BCUT2D eigenvalue weighted by molar-refractivity contribution is 14.1. The van der Waals surface area contributed by atoms with E-state index in [1.54, 1.807) is 19.3 Å². The minimum absolute atomic E-state index is 0.184. The number of carbonyl (C=O) groups excluding carboxylic acids is 1. The van der Waals surface area contributed by atoms with Crippen LogP contribution >= 0.6 is 22.6 Å². The molecule has 3 rings (SSSR count). The fourth-order valence-corrected chi connectivity index (χ4v) is 3.04. The number of allylic oxidation sites excluding steroid dienone is 1. The van der Waals surface area contributed by atoms with E-state index in [4.69, 9.17) is 14.2 Å². The first-order valence-corrected chi connectivity index (χ1v) is 7.67.